The molecule has 0 amide bonds. The fraction of sp³-hybridized carbons (Fsp3) is 0.333. The summed E-state index contributed by atoms with van der Waals surface area (Å²) in [5, 5.41) is 12.4. The van der Waals surface area contributed by atoms with Crippen molar-refractivity contribution in [3.63, 3.8) is 0 Å². The van der Waals surface area contributed by atoms with Crippen LogP contribution < -0.4 is 10.9 Å². The number of aromatic amines is 1. The van der Waals surface area contributed by atoms with Gasteiger partial charge in [0.2, 0.25) is 5.95 Å². The normalized spacial score (nSPS) is 10.6. The number of hydrogen-bond donors (Lipinski definition) is 3. The van der Waals surface area contributed by atoms with Gasteiger partial charge in [-0.15, -0.1) is 0 Å². The Morgan fingerprint density at radius 3 is 2.67 bits per heavy atom. The molecule has 2 aromatic rings. The first-order chi connectivity index (χ1) is 10.1. The molecule has 0 radical (unpaired) electrons. The number of aliphatic hydroxyl groups excluding tert-OH is 1. The van der Waals surface area contributed by atoms with Crippen molar-refractivity contribution in [2.75, 3.05) is 18.5 Å². The summed E-state index contributed by atoms with van der Waals surface area (Å²) in [6, 6.07) is 7.40. The lowest BCUT2D eigenvalue weighted by Crippen LogP contribution is -2.20. The minimum Gasteiger partial charge on any atom is -0.396 e. The van der Waals surface area contributed by atoms with E-state index in [1.807, 2.05) is 19.1 Å². The molecular weight excluding hydrogens is 290 g/mol. The zero-order valence-corrected chi connectivity index (χ0v) is 12.6. The maximum atomic E-state index is 12.2. The lowest BCUT2D eigenvalue weighted by molar-refractivity contribution is 0.292. The number of halogens is 1. The number of benzene rings is 1. The zero-order valence-electron chi connectivity index (χ0n) is 11.8. The molecule has 1 aromatic carbocycles. The van der Waals surface area contributed by atoms with Crippen LogP contribution in [0.5, 0.6) is 0 Å². The highest BCUT2D eigenvalue weighted by atomic mass is 35.5. The largest absolute Gasteiger partial charge is 0.396 e. The van der Waals surface area contributed by atoms with Crippen LogP contribution in [-0.2, 0) is 6.42 Å². The van der Waals surface area contributed by atoms with Gasteiger partial charge in [-0.3, -0.25) is 9.78 Å². The van der Waals surface area contributed by atoms with Gasteiger partial charge in [-0.25, -0.2) is 4.98 Å². The van der Waals surface area contributed by atoms with Crippen LogP contribution >= 0.6 is 11.6 Å². The van der Waals surface area contributed by atoms with Crippen molar-refractivity contribution < 1.29 is 5.11 Å². The van der Waals surface area contributed by atoms with Gasteiger partial charge in [-0.1, -0.05) is 23.7 Å². The second-order valence-corrected chi connectivity index (χ2v) is 5.22. The molecule has 0 bridgehead atoms. The zero-order chi connectivity index (χ0) is 15.2. The molecule has 5 nitrogen and oxygen atoms in total. The van der Waals surface area contributed by atoms with Gasteiger partial charge in [0, 0.05) is 30.2 Å². The average molecular weight is 308 g/mol. The lowest BCUT2D eigenvalue weighted by atomic mass is 10.1. The summed E-state index contributed by atoms with van der Waals surface area (Å²) in [7, 11) is 0. The minimum absolute atomic E-state index is 0.102. The molecule has 2 rings (SSSR count). The van der Waals surface area contributed by atoms with E-state index < -0.39 is 0 Å². The van der Waals surface area contributed by atoms with E-state index in [9.17, 15) is 4.79 Å². The molecule has 0 spiro atoms. The van der Waals surface area contributed by atoms with Gasteiger partial charge in [0.25, 0.3) is 5.56 Å². The van der Waals surface area contributed by atoms with Crippen LogP contribution in [-0.4, -0.2) is 28.2 Å². The van der Waals surface area contributed by atoms with E-state index >= 15 is 0 Å². The number of aromatic nitrogens is 2. The van der Waals surface area contributed by atoms with Gasteiger partial charge >= 0.3 is 0 Å². The van der Waals surface area contributed by atoms with Crippen molar-refractivity contribution in [2.45, 2.75) is 19.8 Å². The summed E-state index contributed by atoms with van der Waals surface area (Å²) in [4.78, 5) is 19.2. The van der Waals surface area contributed by atoms with Crippen LogP contribution in [0, 0.1) is 6.92 Å². The number of nitrogens with one attached hydrogen (secondary N) is 2. The molecule has 112 valence electrons. The van der Waals surface area contributed by atoms with E-state index in [1.165, 1.54) is 0 Å². The molecular formula is C15H18ClN3O2. The van der Waals surface area contributed by atoms with Gasteiger partial charge in [0.05, 0.1) is 5.69 Å². The van der Waals surface area contributed by atoms with E-state index in [-0.39, 0.29) is 12.2 Å². The summed E-state index contributed by atoms with van der Waals surface area (Å²) in [6.45, 7) is 2.48. The van der Waals surface area contributed by atoms with Crippen LogP contribution in [0.4, 0.5) is 5.95 Å². The fourth-order valence-corrected chi connectivity index (χ4v) is 2.12. The van der Waals surface area contributed by atoms with Gasteiger partial charge in [-0.2, -0.15) is 0 Å². The summed E-state index contributed by atoms with van der Waals surface area (Å²) in [5.41, 5.74) is 2.20. The van der Waals surface area contributed by atoms with Crippen LogP contribution in [0.15, 0.2) is 29.1 Å². The second-order valence-electron chi connectivity index (χ2n) is 4.79. The van der Waals surface area contributed by atoms with Crippen molar-refractivity contribution >= 4 is 17.5 Å². The van der Waals surface area contributed by atoms with Crippen molar-refractivity contribution in [2.24, 2.45) is 0 Å². The Balaban J connectivity index is 2.17. The Bertz CT molecular complexity index is 653. The van der Waals surface area contributed by atoms with Crippen molar-refractivity contribution in [3.05, 3.63) is 56.5 Å². The SMILES string of the molecule is Cc1nc(NCCCO)[nH]c(=O)c1Cc1ccc(Cl)cc1. The molecule has 0 unspecified atom stereocenters. The first kappa shape index (κ1) is 15.5. The minimum atomic E-state index is -0.149. The van der Waals surface area contributed by atoms with Crippen LogP contribution in [0.2, 0.25) is 5.02 Å². The third-order valence-corrected chi connectivity index (χ3v) is 3.40. The summed E-state index contributed by atoms with van der Waals surface area (Å²) in [5.74, 6) is 0.436. The molecule has 0 aliphatic heterocycles. The van der Waals surface area contributed by atoms with Gasteiger partial charge in [0.1, 0.15) is 0 Å². The standard InChI is InChI=1S/C15H18ClN3O2/c1-10-13(9-11-3-5-12(16)6-4-11)14(21)19-15(18-10)17-7-2-8-20/h3-6,20H,2,7-9H2,1H3,(H2,17,18,19,21). The molecule has 21 heavy (non-hydrogen) atoms. The van der Waals surface area contributed by atoms with E-state index in [2.05, 4.69) is 15.3 Å². The molecule has 1 aromatic heterocycles. The van der Waals surface area contributed by atoms with Crippen LogP contribution in [0.25, 0.3) is 0 Å². The van der Waals surface area contributed by atoms with E-state index in [0.717, 1.165) is 5.56 Å². The Kier molecular flexibility index (Phi) is 5.36. The Morgan fingerprint density at radius 1 is 1.33 bits per heavy atom. The maximum absolute atomic E-state index is 12.2. The first-order valence-corrected chi connectivity index (χ1v) is 7.17. The average Bonchev–Trinajstić information content (AvgIpc) is 2.45. The Hall–Kier alpha value is -1.85. The molecule has 0 atom stereocenters. The first-order valence-electron chi connectivity index (χ1n) is 6.79. The maximum Gasteiger partial charge on any atom is 0.256 e. The molecule has 0 saturated heterocycles. The third-order valence-electron chi connectivity index (χ3n) is 3.14. The number of nitrogens with zero attached hydrogens (tertiary/aromatic N) is 1. The van der Waals surface area contributed by atoms with Crippen LogP contribution in [0.3, 0.4) is 0 Å². The van der Waals surface area contributed by atoms with E-state index in [0.29, 0.717) is 41.6 Å². The highest BCUT2D eigenvalue weighted by Crippen LogP contribution is 2.13. The monoisotopic (exact) mass is 307 g/mol. The highest BCUT2D eigenvalue weighted by Gasteiger charge is 2.09. The number of hydrogen-bond acceptors (Lipinski definition) is 4. The molecule has 0 saturated carbocycles. The molecule has 3 N–H and O–H groups in total. The van der Waals surface area contributed by atoms with E-state index in [4.69, 9.17) is 16.7 Å². The number of aryl methyl sites for hydroxylation is 1. The molecule has 6 heteroatoms. The van der Waals surface area contributed by atoms with Gasteiger partial charge in [0.15, 0.2) is 0 Å². The summed E-state index contributed by atoms with van der Waals surface area (Å²) in [6.07, 6.45) is 1.12. The van der Waals surface area contributed by atoms with Crippen LogP contribution in [0.1, 0.15) is 23.2 Å². The highest BCUT2D eigenvalue weighted by molar-refractivity contribution is 6.30. The second kappa shape index (κ2) is 7.24. The molecule has 0 aliphatic carbocycles. The third kappa shape index (κ3) is 4.31. The topological polar surface area (TPSA) is 78.0 Å². The van der Waals surface area contributed by atoms with Crippen molar-refractivity contribution in [1.29, 1.82) is 0 Å². The lowest BCUT2D eigenvalue weighted by Gasteiger charge is -2.09. The summed E-state index contributed by atoms with van der Waals surface area (Å²) < 4.78 is 0. The quantitative estimate of drug-likeness (QED) is 0.714. The summed E-state index contributed by atoms with van der Waals surface area (Å²) >= 11 is 5.85. The number of H-pyrrole nitrogens is 1. The predicted molar refractivity (Wildman–Crippen MR) is 84.0 cm³/mol. The number of anilines is 1. The molecule has 1 heterocycles. The number of rotatable bonds is 6. The van der Waals surface area contributed by atoms with E-state index in [1.54, 1.807) is 12.1 Å². The Labute approximate surface area is 128 Å². The predicted octanol–water partition coefficient (Wildman–Crippen LogP) is 2.12. The smallest absolute Gasteiger partial charge is 0.256 e. The molecule has 0 aliphatic rings. The number of aliphatic hydroxyl groups is 1. The van der Waals surface area contributed by atoms with Crippen molar-refractivity contribution in [1.82, 2.24) is 9.97 Å². The fourth-order valence-electron chi connectivity index (χ4n) is 1.99. The van der Waals surface area contributed by atoms with Gasteiger partial charge < -0.3 is 10.4 Å². The van der Waals surface area contributed by atoms with Gasteiger partial charge in [-0.05, 0) is 31.0 Å². The van der Waals surface area contributed by atoms with Crippen molar-refractivity contribution in [3.8, 4) is 0 Å². The Morgan fingerprint density at radius 2 is 2.05 bits per heavy atom. The molecule has 0 fully saturated rings.